The van der Waals surface area contributed by atoms with Gasteiger partial charge in [-0.3, -0.25) is 0 Å². The van der Waals surface area contributed by atoms with Crippen molar-refractivity contribution in [3.05, 3.63) is 30.5 Å². The summed E-state index contributed by atoms with van der Waals surface area (Å²) < 4.78 is 10.7. The lowest BCUT2D eigenvalue weighted by Gasteiger charge is -2.28. The van der Waals surface area contributed by atoms with Gasteiger partial charge in [0.05, 0.1) is 32.2 Å². The molecule has 8 nitrogen and oxygen atoms in total. The molecule has 25 heavy (non-hydrogen) atoms. The third kappa shape index (κ3) is 3.03. The van der Waals surface area contributed by atoms with Crippen LogP contribution >= 0.6 is 0 Å². The standard InChI is InChI=1S/C17H18N6O2/c1-24-12-4-2-3-11(9-12)13-10-19-15-14(20-13)16(22-17(18)21-15)23-5-7-25-8-6-23/h2-4,9-10H,5-8H2,1H3,(H2,18,19,21,22). The molecule has 4 rings (SSSR count). The molecular formula is C17H18N6O2. The molecule has 0 amide bonds. The molecule has 1 aromatic carbocycles. The molecule has 1 aliphatic rings. The predicted octanol–water partition coefficient (Wildman–Crippen LogP) is 1.51. The van der Waals surface area contributed by atoms with Crippen LogP contribution in [0.15, 0.2) is 30.5 Å². The Labute approximate surface area is 144 Å². The van der Waals surface area contributed by atoms with Crippen molar-refractivity contribution in [3.63, 3.8) is 0 Å². The Balaban J connectivity index is 1.84. The highest BCUT2D eigenvalue weighted by atomic mass is 16.5. The first kappa shape index (κ1) is 15.5. The molecule has 0 aliphatic carbocycles. The number of nitrogens with zero attached hydrogens (tertiary/aromatic N) is 5. The Morgan fingerprint density at radius 1 is 1.16 bits per heavy atom. The van der Waals surface area contributed by atoms with Gasteiger partial charge in [-0.2, -0.15) is 9.97 Å². The summed E-state index contributed by atoms with van der Waals surface area (Å²) in [5.41, 5.74) is 8.62. The van der Waals surface area contributed by atoms with Gasteiger partial charge in [0, 0.05) is 18.7 Å². The number of morpholine rings is 1. The van der Waals surface area contributed by atoms with Gasteiger partial charge in [0.1, 0.15) is 5.75 Å². The Kier molecular flexibility index (Phi) is 4.02. The summed E-state index contributed by atoms with van der Waals surface area (Å²) in [6.45, 7) is 2.76. The summed E-state index contributed by atoms with van der Waals surface area (Å²) in [4.78, 5) is 19.9. The number of ether oxygens (including phenoxy) is 2. The molecule has 8 heteroatoms. The number of methoxy groups -OCH3 is 1. The highest BCUT2D eigenvalue weighted by Crippen LogP contribution is 2.27. The quantitative estimate of drug-likeness (QED) is 0.767. The van der Waals surface area contributed by atoms with Gasteiger partial charge in [-0.1, -0.05) is 12.1 Å². The SMILES string of the molecule is COc1cccc(-c2cnc3nc(N)nc(N4CCOCC4)c3n2)c1. The van der Waals surface area contributed by atoms with Crippen LogP contribution in [0.5, 0.6) is 5.75 Å². The van der Waals surface area contributed by atoms with Gasteiger partial charge < -0.3 is 20.1 Å². The topological polar surface area (TPSA) is 99.3 Å². The maximum Gasteiger partial charge on any atom is 0.224 e. The molecule has 1 fully saturated rings. The Hall–Kier alpha value is -3.00. The summed E-state index contributed by atoms with van der Waals surface area (Å²) in [5, 5.41) is 0. The van der Waals surface area contributed by atoms with E-state index in [1.165, 1.54) is 0 Å². The lowest BCUT2D eigenvalue weighted by atomic mass is 10.1. The first-order valence-corrected chi connectivity index (χ1v) is 8.02. The number of hydrogen-bond donors (Lipinski definition) is 1. The number of nitrogens with two attached hydrogens (primary N) is 1. The zero-order valence-corrected chi connectivity index (χ0v) is 13.8. The van der Waals surface area contributed by atoms with Crippen molar-refractivity contribution in [2.45, 2.75) is 0 Å². The third-order valence-corrected chi connectivity index (χ3v) is 4.08. The molecule has 0 spiro atoms. The number of nitrogen functional groups attached to an aromatic ring is 1. The Morgan fingerprint density at radius 3 is 2.80 bits per heavy atom. The van der Waals surface area contributed by atoms with Crippen LogP contribution in [-0.2, 0) is 4.74 Å². The fourth-order valence-corrected chi connectivity index (χ4v) is 2.83. The van der Waals surface area contributed by atoms with Crippen LogP contribution in [0, 0.1) is 0 Å². The minimum Gasteiger partial charge on any atom is -0.497 e. The summed E-state index contributed by atoms with van der Waals surface area (Å²) >= 11 is 0. The molecular weight excluding hydrogens is 320 g/mol. The molecule has 0 bridgehead atoms. The van der Waals surface area contributed by atoms with Crippen molar-refractivity contribution in [1.29, 1.82) is 0 Å². The molecule has 3 heterocycles. The number of benzene rings is 1. The van der Waals surface area contributed by atoms with Crippen LogP contribution in [0.1, 0.15) is 0 Å². The number of hydrogen-bond acceptors (Lipinski definition) is 8. The van der Waals surface area contributed by atoms with E-state index in [1.54, 1.807) is 13.3 Å². The van der Waals surface area contributed by atoms with Crippen molar-refractivity contribution >= 4 is 22.9 Å². The normalized spacial score (nSPS) is 14.7. The molecule has 128 valence electrons. The van der Waals surface area contributed by atoms with Gasteiger partial charge in [0.25, 0.3) is 0 Å². The van der Waals surface area contributed by atoms with E-state index in [0.717, 1.165) is 30.1 Å². The molecule has 2 N–H and O–H groups in total. The van der Waals surface area contributed by atoms with Crippen LogP contribution in [0.4, 0.5) is 11.8 Å². The highest BCUT2D eigenvalue weighted by Gasteiger charge is 2.19. The van der Waals surface area contributed by atoms with Gasteiger partial charge in [-0.15, -0.1) is 0 Å². The van der Waals surface area contributed by atoms with Crippen LogP contribution in [0.25, 0.3) is 22.4 Å². The molecule has 3 aromatic rings. The molecule has 0 radical (unpaired) electrons. The fraction of sp³-hybridized carbons (Fsp3) is 0.294. The van der Waals surface area contributed by atoms with Crippen LogP contribution in [0.2, 0.25) is 0 Å². The third-order valence-electron chi connectivity index (χ3n) is 4.08. The van der Waals surface area contributed by atoms with E-state index in [1.807, 2.05) is 24.3 Å². The van der Waals surface area contributed by atoms with Crippen molar-refractivity contribution in [2.24, 2.45) is 0 Å². The maximum absolute atomic E-state index is 5.85. The van der Waals surface area contributed by atoms with Crippen molar-refractivity contribution < 1.29 is 9.47 Å². The van der Waals surface area contributed by atoms with E-state index in [-0.39, 0.29) is 5.95 Å². The molecule has 1 aliphatic heterocycles. The number of fused-ring (bicyclic) bond motifs is 1. The maximum atomic E-state index is 5.85. The first-order valence-electron chi connectivity index (χ1n) is 8.02. The van der Waals surface area contributed by atoms with Crippen molar-refractivity contribution in [1.82, 2.24) is 19.9 Å². The van der Waals surface area contributed by atoms with Crippen LogP contribution in [0.3, 0.4) is 0 Å². The average molecular weight is 338 g/mol. The second kappa shape index (κ2) is 6.48. The fourth-order valence-electron chi connectivity index (χ4n) is 2.83. The van der Waals surface area contributed by atoms with Gasteiger partial charge in [-0.05, 0) is 12.1 Å². The summed E-state index contributed by atoms with van der Waals surface area (Å²) in [6, 6.07) is 7.69. The minimum absolute atomic E-state index is 0.192. The monoisotopic (exact) mass is 338 g/mol. The lowest BCUT2D eigenvalue weighted by molar-refractivity contribution is 0.122. The van der Waals surface area contributed by atoms with E-state index in [0.29, 0.717) is 30.2 Å². The van der Waals surface area contributed by atoms with E-state index < -0.39 is 0 Å². The minimum atomic E-state index is 0.192. The smallest absolute Gasteiger partial charge is 0.224 e. The van der Waals surface area contributed by atoms with Gasteiger partial charge in [0.15, 0.2) is 17.0 Å². The molecule has 0 atom stereocenters. The lowest BCUT2D eigenvalue weighted by Crippen LogP contribution is -2.37. The molecule has 0 saturated carbocycles. The van der Waals surface area contributed by atoms with Gasteiger partial charge in [-0.25, -0.2) is 9.97 Å². The Bertz CT molecular complexity index is 911. The van der Waals surface area contributed by atoms with Crippen LogP contribution in [-0.4, -0.2) is 53.3 Å². The van der Waals surface area contributed by atoms with E-state index in [2.05, 4.69) is 19.9 Å². The molecule has 1 saturated heterocycles. The summed E-state index contributed by atoms with van der Waals surface area (Å²) in [5.74, 6) is 1.65. The zero-order chi connectivity index (χ0) is 17.2. The van der Waals surface area contributed by atoms with Crippen LogP contribution < -0.4 is 15.4 Å². The summed E-state index contributed by atoms with van der Waals surface area (Å²) in [7, 11) is 1.64. The van der Waals surface area contributed by atoms with Gasteiger partial charge >= 0.3 is 0 Å². The second-order valence-corrected chi connectivity index (χ2v) is 5.66. The zero-order valence-electron chi connectivity index (χ0n) is 13.8. The number of anilines is 2. The largest absolute Gasteiger partial charge is 0.497 e. The first-order chi connectivity index (χ1) is 12.2. The van der Waals surface area contributed by atoms with Gasteiger partial charge in [0.2, 0.25) is 5.95 Å². The van der Waals surface area contributed by atoms with E-state index in [9.17, 15) is 0 Å². The second-order valence-electron chi connectivity index (χ2n) is 5.66. The van der Waals surface area contributed by atoms with E-state index in [4.69, 9.17) is 20.2 Å². The average Bonchev–Trinajstić information content (AvgIpc) is 2.67. The van der Waals surface area contributed by atoms with Crippen molar-refractivity contribution in [2.75, 3.05) is 44.0 Å². The number of rotatable bonds is 3. The summed E-state index contributed by atoms with van der Waals surface area (Å²) in [6.07, 6.45) is 1.69. The Morgan fingerprint density at radius 2 is 2.00 bits per heavy atom. The van der Waals surface area contributed by atoms with Crippen molar-refractivity contribution in [3.8, 4) is 17.0 Å². The number of aromatic nitrogens is 4. The molecule has 2 aromatic heterocycles. The van der Waals surface area contributed by atoms with E-state index >= 15 is 0 Å². The highest BCUT2D eigenvalue weighted by molar-refractivity contribution is 5.85. The molecule has 0 unspecified atom stereocenters. The predicted molar refractivity (Wildman–Crippen MR) is 94.6 cm³/mol.